The largest absolute Gasteiger partial charge is 0.481 e. The Kier molecular flexibility index (Phi) is 4.43. The first-order valence-electron chi connectivity index (χ1n) is 6.80. The molecule has 1 atom stereocenters. The molecule has 1 heterocycles. The number of benzene rings is 1. The van der Waals surface area contributed by atoms with Gasteiger partial charge in [-0.05, 0) is 44.6 Å². The Morgan fingerprint density at radius 2 is 2.21 bits per heavy atom. The lowest BCUT2D eigenvalue weighted by atomic mass is 10.1. The molecule has 0 saturated carbocycles. The Morgan fingerprint density at radius 3 is 2.89 bits per heavy atom. The zero-order valence-corrected chi connectivity index (χ0v) is 11.7. The topological polar surface area (TPSA) is 43.8 Å². The van der Waals surface area contributed by atoms with Crippen LogP contribution in [0.2, 0.25) is 0 Å². The number of carbonyl (C=O) groups is 1. The van der Waals surface area contributed by atoms with E-state index in [1.165, 1.54) is 5.56 Å². The number of rotatable bonds is 3. The number of hydrogen-bond donors (Lipinski definition) is 1. The van der Waals surface area contributed by atoms with E-state index in [2.05, 4.69) is 42.0 Å². The molecule has 1 saturated heterocycles. The van der Waals surface area contributed by atoms with Gasteiger partial charge in [0.1, 0.15) is 0 Å². The highest BCUT2D eigenvalue weighted by Gasteiger charge is 2.25. The number of aliphatic carboxylic acids is 1. The molecule has 1 aromatic rings. The first-order chi connectivity index (χ1) is 9.06. The summed E-state index contributed by atoms with van der Waals surface area (Å²) >= 11 is 0. The van der Waals surface area contributed by atoms with E-state index in [4.69, 9.17) is 5.11 Å². The number of nitrogens with zero attached hydrogens (tertiary/aromatic N) is 2. The molecule has 0 bridgehead atoms. The van der Waals surface area contributed by atoms with Crippen molar-refractivity contribution in [3.8, 4) is 0 Å². The van der Waals surface area contributed by atoms with E-state index in [0.29, 0.717) is 0 Å². The molecular weight excluding hydrogens is 240 g/mol. The van der Waals surface area contributed by atoms with Crippen LogP contribution in [-0.2, 0) is 4.79 Å². The Morgan fingerprint density at radius 1 is 1.42 bits per heavy atom. The van der Waals surface area contributed by atoms with Crippen molar-refractivity contribution in [2.75, 3.05) is 31.6 Å². The van der Waals surface area contributed by atoms with Gasteiger partial charge in [-0.25, -0.2) is 0 Å². The third kappa shape index (κ3) is 3.70. The van der Waals surface area contributed by atoms with Crippen LogP contribution in [0.15, 0.2) is 24.3 Å². The molecule has 1 aliphatic rings. The van der Waals surface area contributed by atoms with Gasteiger partial charge in [0.05, 0.1) is 12.5 Å². The summed E-state index contributed by atoms with van der Waals surface area (Å²) in [6.45, 7) is 4.82. The van der Waals surface area contributed by atoms with Gasteiger partial charge in [-0.15, -0.1) is 0 Å². The van der Waals surface area contributed by atoms with Crippen molar-refractivity contribution in [1.82, 2.24) is 4.90 Å². The van der Waals surface area contributed by atoms with E-state index in [1.807, 2.05) is 6.07 Å². The second-order valence-corrected chi connectivity index (χ2v) is 5.40. The molecule has 2 rings (SSSR count). The number of aryl methyl sites for hydroxylation is 1. The lowest BCUT2D eigenvalue weighted by Gasteiger charge is -2.32. The van der Waals surface area contributed by atoms with E-state index < -0.39 is 5.97 Å². The quantitative estimate of drug-likeness (QED) is 0.904. The van der Waals surface area contributed by atoms with Crippen LogP contribution in [0.25, 0.3) is 0 Å². The highest BCUT2D eigenvalue weighted by Crippen LogP contribution is 2.22. The number of anilines is 1. The van der Waals surface area contributed by atoms with Crippen LogP contribution >= 0.6 is 0 Å². The molecule has 1 unspecified atom stereocenters. The number of carboxylic acid groups (broad SMARTS) is 1. The van der Waals surface area contributed by atoms with E-state index in [9.17, 15) is 4.79 Å². The van der Waals surface area contributed by atoms with Gasteiger partial charge >= 0.3 is 5.97 Å². The maximum atomic E-state index is 11.1. The molecule has 1 aliphatic heterocycles. The van der Waals surface area contributed by atoms with Gasteiger partial charge in [-0.1, -0.05) is 12.1 Å². The summed E-state index contributed by atoms with van der Waals surface area (Å²) < 4.78 is 0. The highest BCUT2D eigenvalue weighted by atomic mass is 16.4. The SMILES string of the molecule is Cc1cccc(N2CCCN(C)CC2CC(=O)O)c1. The van der Waals surface area contributed by atoms with Crippen molar-refractivity contribution in [3.63, 3.8) is 0 Å². The van der Waals surface area contributed by atoms with Crippen LogP contribution in [-0.4, -0.2) is 48.7 Å². The minimum Gasteiger partial charge on any atom is -0.481 e. The molecule has 4 heteroatoms. The zero-order chi connectivity index (χ0) is 13.8. The van der Waals surface area contributed by atoms with Gasteiger partial charge in [0.15, 0.2) is 0 Å². The molecule has 1 N–H and O–H groups in total. The molecule has 104 valence electrons. The number of hydrogen-bond acceptors (Lipinski definition) is 3. The lowest BCUT2D eigenvalue weighted by molar-refractivity contribution is -0.137. The summed E-state index contributed by atoms with van der Waals surface area (Å²) in [5.41, 5.74) is 2.35. The maximum Gasteiger partial charge on any atom is 0.305 e. The smallest absolute Gasteiger partial charge is 0.305 e. The van der Waals surface area contributed by atoms with Crippen molar-refractivity contribution in [1.29, 1.82) is 0 Å². The minimum atomic E-state index is -0.724. The second kappa shape index (κ2) is 6.06. The Balaban J connectivity index is 2.24. The number of likely N-dealkylation sites (N-methyl/N-ethyl adjacent to an activating group) is 1. The minimum absolute atomic E-state index is 0.0480. The average Bonchev–Trinajstić information content (AvgIpc) is 2.50. The molecule has 0 aliphatic carbocycles. The van der Waals surface area contributed by atoms with E-state index in [-0.39, 0.29) is 12.5 Å². The molecule has 1 fully saturated rings. The van der Waals surface area contributed by atoms with Crippen LogP contribution in [0, 0.1) is 6.92 Å². The molecular formula is C15H22N2O2. The predicted molar refractivity (Wildman–Crippen MR) is 76.7 cm³/mol. The highest BCUT2D eigenvalue weighted by molar-refractivity contribution is 5.68. The third-order valence-electron chi connectivity index (χ3n) is 3.65. The summed E-state index contributed by atoms with van der Waals surface area (Å²) in [5, 5.41) is 9.12. The van der Waals surface area contributed by atoms with Crippen LogP contribution in [0.4, 0.5) is 5.69 Å². The van der Waals surface area contributed by atoms with Gasteiger partial charge < -0.3 is 14.9 Å². The Labute approximate surface area is 114 Å². The van der Waals surface area contributed by atoms with Crippen LogP contribution in [0.5, 0.6) is 0 Å². The van der Waals surface area contributed by atoms with Crippen molar-refractivity contribution >= 4 is 11.7 Å². The van der Waals surface area contributed by atoms with Crippen LogP contribution < -0.4 is 4.90 Å². The van der Waals surface area contributed by atoms with E-state index in [0.717, 1.165) is 31.7 Å². The van der Waals surface area contributed by atoms with Crippen LogP contribution in [0.3, 0.4) is 0 Å². The molecule has 0 aromatic heterocycles. The second-order valence-electron chi connectivity index (χ2n) is 5.40. The monoisotopic (exact) mass is 262 g/mol. The van der Waals surface area contributed by atoms with E-state index in [1.54, 1.807) is 0 Å². The first-order valence-corrected chi connectivity index (χ1v) is 6.80. The summed E-state index contributed by atoms with van der Waals surface area (Å²) in [6, 6.07) is 8.37. The molecule has 19 heavy (non-hydrogen) atoms. The summed E-state index contributed by atoms with van der Waals surface area (Å²) in [4.78, 5) is 15.6. The third-order valence-corrected chi connectivity index (χ3v) is 3.65. The van der Waals surface area contributed by atoms with E-state index >= 15 is 0 Å². The Hall–Kier alpha value is -1.55. The lowest BCUT2D eigenvalue weighted by Crippen LogP contribution is -2.41. The van der Waals surface area contributed by atoms with Gasteiger partial charge in [-0.3, -0.25) is 4.79 Å². The fourth-order valence-electron chi connectivity index (χ4n) is 2.77. The predicted octanol–water partition coefficient (Wildman–Crippen LogP) is 1.98. The zero-order valence-electron chi connectivity index (χ0n) is 11.7. The van der Waals surface area contributed by atoms with Crippen molar-refractivity contribution in [2.24, 2.45) is 0 Å². The molecule has 0 amide bonds. The van der Waals surface area contributed by atoms with Gasteiger partial charge in [0.25, 0.3) is 0 Å². The van der Waals surface area contributed by atoms with Gasteiger partial charge in [0.2, 0.25) is 0 Å². The summed E-state index contributed by atoms with van der Waals surface area (Å²) in [6.07, 6.45) is 1.26. The number of carboxylic acids is 1. The van der Waals surface area contributed by atoms with Crippen LogP contribution in [0.1, 0.15) is 18.4 Å². The van der Waals surface area contributed by atoms with Gasteiger partial charge in [-0.2, -0.15) is 0 Å². The fourth-order valence-corrected chi connectivity index (χ4v) is 2.77. The maximum absolute atomic E-state index is 11.1. The first kappa shape index (κ1) is 13.9. The molecule has 4 nitrogen and oxygen atoms in total. The summed E-state index contributed by atoms with van der Waals surface area (Å²) in [5.74, 6) is -0.724. The average molecular weight is 262 g/mol. The normalized spacial score (nSPS) is 21.2. The summed E-state index contributed by atoms with van der Waals surface area (Å²) in [7, 11) is 2.06. The van der Waals surface area contributed by atoms with Crippen molar-refractivity contribution < 1.29 is 9.90 Å². The standard InChI is InChI=1S/C15H22N2O2/c1-12-5-3-6-13(9-12)17-8-4-7-16(2)11-14(17)10-15(18)19/h3,5-6,9,14H,4,7-8,10-11H2,1-2H3,(H,18,19). The molecule has 0 spiro atoms. The van der Waals surface area contributed by atoms with Gasteiger partial charge in [0, 0.05) is 18.8 Å². The molecule has 0 radical (unpaired) electrons. The van der Waals surface area contributed by atoms with Crippen molar-refractivity contribution in [2.45, 2.75) is 25.8 Å². The fraction of sp³-hybridized carbons (Fsp3) is 0.533. The van der Waals surface area contributed by atoms with Crippen molar-refractivity contribution in [3.05, 3.63) is 29.8 Å². The molecule has 1 aromatic carbocycles. The Bertz CT molecular complexity index is 448.